The van der Waals surface area contributed by atoms with Gasteiger partial charge in [0.2, 0.25) is 0 Å². The van der Waals surface area contributed by atoms with Crippen LogP contribution >= 0.6 is 23.2 Å². The van der Waals surface area contributed by atoms with Crippen molar-refractivity contribution in [3.63, 3.8) is 0 Å². The first-order chi connectivity index (χ1) is 11.1. The van der Waals surface area contributed by atoms with Gasteiger partial charge in [0, 0.05) is 6.54 Å². The van der Waals surface area contributed by atoms with Crippen molar-refractivity contribution in [2.24, 2.45) is 0 Å². The number of anilines is 1. The average Bonchev–Trinajstić information content (AvgIpc) is 2.54. The molecule has 0 unspecified atom stereocenters. The van der Waals surface area contributed by atoms with Gasteiger partial charge in [0.05, 0.1) is 0 Å². The topological polar surface area (TPSA) is 78.9 Å². The molecule has 1 aromatic heterocycles. The molecule has 1 aromatic rings. The summed E-state index contributed by atoms with van der Waals surface area (Å²) in [6.07, 6.45) is 11.1. The number of nitrogens with one attached hydrogen (secondary N) is 3. The fourth-order valence-electron chi connectivity index (χ4n) is 2.06. The van der Waals surface area contributed by atoms with Crippen LogP contribution in [0.1, 0.15) is 58.3 Å². The molecule has 3 N–H and O–H groups in total. The van der Waals surface area contributed by atoms with Gasteiger partial charge in [-0.3, -0.25) is 10.9 Å². The van der Waals surface area contributed by atoms with Crippen LogP contribution in [0.3, 0.4) is 0 Å². The molecule has 23 heavy (non-hydrogen) atoms. The minimum atomic E-state index is -0.334. The van der Waals surface area contributed by atoms with E-state index in [0.29, 0.717) is 6.54 Å². The zero-order valence-corrected chi connectivity index (χ0v) is 15.0. The lowest BCUT2D eigenvalue weighted by Crippen LogP contribution is -2.39. The van der Waals surface area contributed by atoms with E-state index in [1.807, 2.05) is 0 Å². The Labute approximate surface area is 147 Å². The third kappa shape index (κ3) is 8.81. The molecule has 0 aromatic carbocycles. The van der Waals surface area contributed by atoms with E-state index in [-0.39, 0.29) is 22.0 Å². The fraction of sp³-hybridized carbons (Fsp3) is 0.667. The van der Waals surface area contributed by atoms with Crippen molar-refractivity contribution in [2.45, 2.75) is 58.3 Å². The number of amides is 2. The van der Waals surface area contributed by atoms with Crippen LogP contribution in [0, 0.1) is 0 Å². The molecule has 2 amide bonds. The van der Waals surface area contributed by atoms with Crippen molar-refractivity contribution < 1.29 is 4.79 Å². The highest BCUT2D eigenvalue weighted by Gasteiger charge is 2.07. The second-order valence-electron chi connectivity index (χ2n) is 5.31. The molecule has 0 aliphatic rings. The lowest BCUT2D eigenvalue weighted by Gasteiger charge is -2.10. The number of hydrogen-bond acceptors (Lipinski definition) is 4. The molecule has 0 fully saturated rings. The number of carbonyl (C=O) groups is 1. The van der Waals surface area contributed by atoms with E-state index in [4.69, 9.17) is 23.2 Å². The molecule has 0 saturated carbocycles. The molecule has 6 nitrogen and oxygen atoms in total. The monoisotopic (exact) mass is 361 g/mol. The Kier molecular flexibility index (Phi) is 10.5. The maximum atomic E-state index is 11.6. The summed E-state index contributed by atoms with van der Waals surface area (Å²) < 4.78 is 0. The molecule has 130 valence electrons. The van der Waals surface area contributed by atoms with E-state index in [1.165, 1.54) is 44.9 Å². The third-order valence-corrected chi connectivity index (χ3v) is 4.10. The number of unbranched alkanes of at least 4 members (excludes halogenated alkanes) is 7. The first-order valence-electron chi connectivity index (χ1n) is 8.11. The van der Waals surface area contributed by atoms with Gasteiger partial charge in [-0.05, 0) is 6.42 Å². The Hall–Kier alpha value is -1.27. The Balaban J connectivity index is 2.03. The van der Waals surface area contributed by atoms with E-state index in [1.54, 1.807) is 0 Å². The van der Waals surface area contributed by atoms with Crippen LogP contribution in [0.25, 0.3) is 0 Å². The first kappa shape index (κ1) is 19.8. The fourth-order valence-corrected chi connectivity index (χ4v) is 2.33. The predicted octanol–water partition coefficient (Wildman–Crippen LogP) is 4.55. The first-order valence-corrected chi connectivity index (χ1v) is 8.86. The van der Waals surface area contributed by atoms with Crippen LogP contribution in [0.4, 0.5) is 10.6 Å². The quantitative estimate of drug-likeness (QED) is 0.307. The van der Waals surface area contributed by atoms with Gasteiger partial charge in [-0.15, -0.1) is 0 Å². The van der Waals surface area contributed by atoms with Crippen molar-refractivity contribution in [2.75, 3.05) is 12.0 Å². The van der Waals surface area contributed by atoms with Crippen LogP contribution in [-0.4, -0.2) is 22.5 Å². The number of rotatable bonds is 11. The molecule has 0 saturated heterocycles. The highest BCUT2D eigenvalue weighted by atomic mass is 35.5. The molecular weight excluding hydrogens is 337 g/mol. The van der Waals surface area contributed by atoms with Gasteiger partial charge in [0.25, 0.3) is 0 Å². The molecule has 0 aliphatic heterocycles. The Morgan fingerprint density at radius 3 is 2.39 bits per heavy atom. The molecule has 0 aliphatic carbocycles. The highest BCUT2D eigenvalue weighted by Crippen LogP contribution is 2.24. The summed E-state index contributed by atoms with van der Waals surface area (Å²) in [5.74, 6) is 0.258. The van der Waals surface area contributed by atoms with Crippen LogP contribution in [0.2, 0.25) is 10.2 Å². The van der Waals surface area contributed by atoms with Gasteiger partial charge in [0.15, 0.2) is 11.0 Å². The van der Waals surface area contributed by atoms with E-state index < -0.39 is 0 Å². The normalized spacial score (nSPS) is 10.4. The Morgan fingerprint density at radius 2 is 1.70 bits per heavy atom. The summed E-state index contributed by atoms with van der Waals surface area (Å²) in [5, 5.41) is 3.06. The van der Waals surface area contributed by atoms with E-state index in [0.717, 1.165) is 12.8 Å². The predicted molar refractivity (Wildman–Crippen MR) is 94.8 cm³/mol. The summed E-state index contributed by atoms with van der Waals surface area (Å²) in [4.78, 5) is 19.2. The zero-order valence-electron chi connectivity index (χ0n) is 13.5. The average molecular weight is 362 g/mol. The van der Waals surface area contributed by atoms with Gasteiger partial charge in [-0.1, -0.05) is 75.1 Å². The van der Waals surface area contributed by atoms with Crippen molar-refractivity contribution >= 4 is 35.1 Å². The SMILES string of the molecule is CCCCCCCCCCNC(=O)NNc1ncnc(Cl)c1Cl. The smallest absolute Gasteiger partial charge is 0.333 e. The van der Waals surface area contributed by atoms with Gasteiger partial charge in [0.1, 0.15) is 11.3 Å². The number of carbonyl (C=O) groups excluding carboxylic acids is 1. The number of urea groups is 1. The molecule has 1 rings (SSSR count). The standard InChI is InChI=1S/C15H25Cl2N5O/c1-2-3-4-5-6-7-8-9-10-18-15(23)22-21-14-12(16)13(17)19-11-20-14/h11H,2-10H2,1H3,(H2,18,22,23)(H,19,20,21). The maximum absolute atomic E-state index is 11.6. The summed E-state index contributed by atoms with van der Waals surface area (Å²) in [5.41, 5.74) is 5.06. The molecule has 1 heterocycles. The van der Waals surface area contributed by atoms with Crippen LogP contribution < -0.4 is 16.2 Å². The number of aromatic nitrogens is 2. The molecular formula is C15H25Cl2N5O. The summed E-state index contributed by atoms with van der Waals surface area (Å²) >= 11 is 11.6. The van der Waals surface area contributed by atoms with Gasteiger partial charge in [-0.2, -0.15) is 0 Å². The second kappa shape index (κ2) is 12.2. The summed E-state index contributed by atoms with van der Waals surface area (Å²) in [7, 11) is 0. The lowest BCUT2D eigenvalue weighted by molar-refractivity contribution is 0.242. The summed E-state index contributed by atoms with van der Waals surface area (Å²) in [6.45, 7) is 2.86. The van der Waals surface area contributed by atoms with Crippen molar-refractivity contribution in [1.82, 2.24) is 20.7 Å². The summed E-state index contributed by atoms with van der Waals surface area (Å²) in [6, 6.07) is -0.334. The molecule has 0 spiro atoms. The number of hydrogen-bond donors (Lipinski definition) is 3. The molecule has 8 heteroatoms. The van der Waals surface area contributed by atoms with Gasteiger partial charge in [-0.25, -0.2) is 14.8 Å². The van der Waals surface area contributed by atoms with Crippen LogP contribution in [0.5, 0.6) is 0 Å². The number of halogens is 2. The Morgan fingerprint density at radius 1 is 1.04 bits per heavy atom. The minimum absolute atomic E-state index is 0.130. The van der Waals surface area contributed by atoms with Gasteiger partial charge < -0.3 is 5.32 Å². The van der Waals surface area contributed by atoms with E-state index in [9.17, 15) is 4.79 Å². The second-order valence-corrected chi connectivity index (χ2v) is 6.04. The maximum Gasteiger partial charge on any atom is 0.333 e. The van der Waals surface area contributed by atoms with Crippen LogP contribution in [0.15, 0.2) is 6.33 Å². The van der Waals surface area contributed by atoms with Crippen molar-refractivity contribution in [3.05, 3.63) is 16.5 Å². The largest absolute Gasteiger partial charge is 0.337 e. The van der Waals surface area contributed by atoms with Crippen molar-refractivity contribution in [3.8, 4) is 0 Å². The lowest BCUT2D eigenvalue weighted by atomic mass is 10.1. The van der Waals surface area contributed by atoms with Crippen LogP contribution in [-0.2, 0) is 0 Å². The molecule has 0 radical (unpaired) electrons. The zero-order chi connectivity index (χ0) is 16.9. The Bertz CT molecular complexity index is 473. The molecule has 0 bridgehead atoms. The van der Waals surface area contributed by atoms with E-state index >= 15 is 0 Å². The van der Waals surface area contributed by atoms with E-state index in [2.05, 4.69) is 33.1 Å². The minimum Gasteiger partial charge on any atom is -0.337 e. The number of hydrazine groups is 1. The third-order valence-electron chi connectivity index (χ3n) is 3.36. The number of nitrogens with zero attached hydrogens (tertiary/aromatic N) is 2. The highest BCUT2D eigenvalue weighted by molar-refractivity contribution is 6.42. The van der Waals surface area contributed by atoms with Crippen molar-refractivity contribution in [1.29, 1.82) is 0 Å². The van der Waals surface area contributed by atoms with Gasteiger partial charge >= 0.3 is 6.03 Å². The molecule has 0 atom stereocenters.